The van der Waals surface area contributed by atoms with Crippen LogP contribution < -0.4 is 10.2 Å². The molecule has 2 aliphatic heterocycles. The minimum Gasteiger partial charge on any atom is -0.390 e. The molecule has 2 unspecified atom stereocenters. The molecule has 2 aromatic heterocycles. The number of β-amino-alcohol motifs (C(OH)–C–C–N with tert-alkyl or cyclic N) is 1. The lowest BCUT2D eigenvalue weighted by Gasteiger charge is -2.46. The number of nitrogens with one attached hydrogen (secondary N) is 1. The second-order valence-electron chi connectivity index (χ2n) is 10.7. The second kappa shape index (κ2) is 10.7. The highest BCUT2D eigenvalue weighted by Crippen LogP contribution is 2.31. The maximum absolute atomic E-state index is 14.6. The van der Waals surface area contributed by atoms with Gasteiger partial charge < -0.3 is 20.4 Å². The van der Waals surface area contributed by atoms with Crippen molar-refractivity contribution < 1.29 is 28.2 Å². The number of halogens is 3. The van der Waals surface area contributed by atoms with Crippen LogP contribution in [0.25, 0.3) is 5.65 Å². The van der Waals surface area contributed by atoms with Crippen molar-refractivity contribution in [2.45, 2.75) is 63.3 Å². The molecule has 4 heterocycles. The van der Waals surface area contributed by atoms with Crippen LogP contribution in [-0.2, 0) is 0 Å². The molecular formula is C27H33F3N6O3. The molecule has 2 saturated heterocycles. The average molecular weight is 547 g/mol. The zero-order valence-corrected chi connectivity index (χ0v) is 21.9. The number of hydrogen-bond donors (Lipinski definition) is 3. The van der Waals surface area contributed by atoms with Crippen molar-refractivity contribution in [3.63, 3.8) is 0 Å². The van der Waals surface area contributed by atoms with E-state index in [4.69, 9.17) is 0 Å². The molecule has 0 saturated carbocycles. The normalized spacial score (nSPS) is 23.9. The Morgan fingerprint density at radius 3 is 2.59 bits per heavy atom. The summed E-state index contributed by atoms with van der Waals surface area (Å²) < 4.78 is 42.4. The van der Waals surface area contributed by atoms with Gasteiger partial charge in [-0.2, -0.15) is 5.10 Å². The van der Waals surface area contributed by atoms with E-state index in [0.29, 0.717) is 31.7 Å². The van der Waals surface area contributed by atoms with Crippen molar-refractivity contribution in [3.8, 4) is 0 Å². The highest BCUT2D eigenvalue weighted by atomic mass is 19.3. The Morgan fingerprint density at radius 1 is 1.18 bits per heavy atom. The summed E-state index contributed by atoms with van der Waals surface area (Å²) in [5, 5.41) is 27.5. The summed E-state index contributed by atoms with van der Waals surface area (Å²) in [6.45, 7) is 5.75. The molecule has 39 heavy (non-hydrogen) atoms. The van der Waals surface area contributed by atoms with E-state index in [1.807, 2.05) is 0 Å². The van der Waals surface area contributed by atoms with E-state index in [1.54, 1.807) is 19.9 Å². The summed E-state index contributed by atoms with van der Waals surface area (Å²) in [5.74, 6) is -1.52. The average Bonchev–Trinajstić information content (AvgIpc) is 3.38. The molecule has 3 N–H and O–H groups in total. The molecule has 3 aromatic rings. The molecule has 3 atom stereocenters. The summed E-state index contributed by atoms with van der Waals surface area (Å²) in [7, 11) is 0. The molecule has 0 spiro atoms. The van der Waals surface area contributed by atoms with E-state index in [1.165, 1.54) is 29.2 Å². The minimum atomic E-state index is -2.95. The smallest absolute Gasteiger partial charge is 0.266 e. The molecule has 1 aromatic carbocycles. The number of carbonyl (C=O) groups is 1. The van der Waals surface area contributed by atoms with Crippen LogP contribution in [0.1, 0.15) is 67.1 Å². The van der Waals surface area contributed by atoms with Gasteiger partial charge in [-0.25, -0.2) is 22.7 Å². The number of anilines is 1. The minimum absolute atomic E-state index is 0.0190. The number of alkyl halides is 2. The predicted molar refractivity (Wildman–Crippen MR) is 138 cm³/mol. The van der Waals surface area contributed by atoms with E-state index in [-0.39, 0.29) is 17.2 Å². The van der Waals surface area contributed by atoms with Gasteiger partial charge in [0, 0.05) is 44.0 Å². The van der Waals surface area contributed by atoms with Crippen LogP contribution in [0.2, 0.25) is 0 Å². The molecule has 0 aliphatic carbocycles. The quantitative estimate of drug-likeness (QED) is 0.436. The Hall–Kier alpha value is -3.22. The fourth-order valence-corrected chi connectivity index (χ4v) is 5.67. The lowest BCUT2D eigenvalue weighted by atomic mass is 9.89. The van der Waals surface area contributed by atoms with E-state index in [9.17, 15) is 28.2 Å². The highest BCUT2D eigenvalue weighted by molar-refractivity contribution is 5.96. The molecule has 12 heteroatoms. The molecule has 1 amide bonds. The number of amides is 1. The van der Waals surface area contributed by atoms with Crippen LogP contribution in [-0.4, -0.2) is 79.5 Å². The Kier molecular flexibility index (Phi) is 7.53. The first kappa shape index (κ1) is 27.4. The first-order valence-corrected chi connectivity index (χ1v) is 13.2. The Labute approximate surface area is 224 Å². The highest BCUT2D eigenvalue weighted by Gasteiger charge is 2.39. The topological polar surface area (TPSA) is 106 Å². The molecule has 2 aliphatic rings. The first-order chi connectivity index (χ1) is 18.5. The summed E-state index contributed by atoms with van der Waals surface area (Å²) in [6.07, 6.45) is 1.45. The number of hydrogen-bond acceptors (Lipinski definition) is 7. The van der Waals surface area contributed by atoms with Crippen molar-refractivity contribution in [1.82, 2.24) is 24.8 Å². The van der Waals surface area contributed by atoms with Crippen molar-refractivity contribution in [3.05, 3.63) is 59.3 Å². The summed E-state index contributed by atoms with van der Waals surface area (Å²) in [4.78, 5) is 21.9. The summed E-state index contributed by atoms with van der Waals surface area (Å²) >= 11 is 0. The number of nitrogens with zero attached hydrogens (tertiary/aromatic N) is 5. The van der Waals surface area contributed by atoms with Gasteiger partial charge in [-0.1, -0.05) is 18.2 Å². The lowest BCUT2D eigenvalue weighted by Crippen LogP contribution is -2.59. The monoisotopic (exact) mass is 546 g/mol. The van der Waals surface area contributed by atoms with Gasteiger partial charge >= 0.3 is 0 Å². The van der Waals surface area contributed by atoms with E-state index in [0.717, 1.165) is 31.1 Å². The molecule has 0 radical (unpaired) electrons. The third kappa shape index (κ3) is 5.45. The number of fused-ring (bicyclic) bond motifs is 1. The number of benzene rings is 1. The zero-order chi connectivity index (χ0) is 27.9. The fourth-order valence-electron chi connectivity index (χ4n) is 5.67. The van der Waals surface area contributed by atoms with E-state index >= 15 is 0 Å². The van der Waals surface area contributed by atoms with Gasteiger partial charge in [0.2, 0.25) is 0 Å². The maximum Gasteiger partial charge on any atom is 0.266 e. The van der Waals surface area contributed by atoms with Crippen LogP contribution in [0.15, 0.2) is 36.8 Å². The number of likely N-dealkylation sites (tertiary alicyclic amines) is 1. The third-order valence-corrected chi connectivity index (χ3v) is 7.98. The fraction of sp³-hybridized carbons (Fsp3) is 0.519. The Bertz CT molecular complexity index is 1340. The number of carbonyl (C=O) groups excluding carboxylic acids is 1. The van der Waals surface area contributed by atoms with Crippen LogP contribution in [0.3, 0.4) is 0 Å². The van der Waals surface area contributed by atoms with Crippen molar-refractivity contribution in [2.75, 3.05) is 31.1 Å². The van der Waals surface area contributed by atoms with Crippen molar-refractivity contribution in [1.29, 1.82) is 0 Å². The van der Waals surface area contributed by atoms with Crippen LogP contribution >= 0.6 is 0 Å². The van der Waals surface area contributed by atoms with Gasteiger partial charge in [-0.15, -0.1) is 0 Å². The number of rotatable bonds is 6. The molecule has 2 fully saturated rings. The standard InChI is InChI=1S/C27H33F3N6O3/c1-16(19-4-3-5-20(23(19)28)24(29)30)33-26(38)17-12-21(25-31-15-32-36(25)13-17)34-9-6-18(7-10-34)35-11-8-22(37)27(2,39)14-35/h3-5,12-13,15-16,18,22,24,37,39H,6-11,14H2,1-2H3,(H,33,38)/t16-,22?,27?/m1/s1. The van der Waals surface area contributed by atoms with Gasteiger partial charge in [0.1, 0.15) is 17.7 Å². The van der Waals surface area contributed by atoms with E-state index in [2.05, 4.69) is 25.2 Å². The molecule has 9 nitrogen and oxygen atoms in total. The Balaban J connectivity index is 1.31. The van der Waals surface area contributed by atoms with Crippen molar-refractivity contribution >= 4 is 17.2 Å². The predicted octanol–water partition coefficient (Wildman–Crippen LogP) is 3.08. The van der Waals surface area contributed by atoms with E-state index < -0.39 is 41.5 Å². The third-order valence-electron chi connectivity index (χ3n) is 7.98. The molecular weight excluding hydrogens is 513 g/mol. The van der Waals surface area contributed by atoms with Gasteiger partial charge in [0.05, 0.1) is 29.0 Å². The van der Waals surface area contributed by atoms with Crippen LogP contribution in [0, 0.1) is 5.82 Å². The first-order valence-electron chi connectivity index (χ1n) is 13.2. The SMILES string of the molecule is C[C@@H](NC(=O)c1cc(N2CCC(N3CCC(O)C(C)(O)C3)CC2)c2ncnn2c1)c1cccc(C(F)F)c1F. The maximum atomic E-state index is 14.6. The molecule has 0 bridgehead atoms. The van der Waals surface area contributed by atoms with Gasteiger partial charge in [0.15, 0.2) is 5.65 Å². The van der Waals surface area contributed by atoms with Gasteiger partial charge in [-0.05, 0) is 39.2 Å². The number of piperidine rings is 2. The van der Waals surface area contributed by atoms with Gasteiger partial charge in [-0.3, -0.25) is 9.69 Å². The number of aliphatic hydroxyl groups is 2. The summed E-state index contributed by atoms with van der Waals surface area (Å²) in [5.41, 5.74) is -0.243. The second-order valence-corrected chi connectivity index (χ2v) is 10.7. The Morgan fingerprint density at radius 2 is 1.90 bits per heavy atom. The number of pyridine rings is 1. The largest absolute Gasteiger partial charge is 0.390 e. The van der Waals surface area contributed by atoms with Crippen LogP contribution in [0.4, 0.5) is 18.9 Å². The van der Waals surface area contributed by atoms with Crippen molar-refractivity contribution in [2.24, 2.45) is 0 Å². The van der Waals surface area contributed by atoms with Gasteiger partial charge in [0.25, 0.3) is 12.3 Å². The zero-order valence-electron chi connectivity index (χ0n) is 21.9. The molecule has 210 valence electrons. The van der Waals surface area contributed by atoms with Crippen LogP contribution in [0.5, 0.6) is 0 Å². The lowest BCUT2D eigenvalue weighted by molar-refractivity contribution is -0.118. The number of aromatic nitrogens is 3. The summed E-state index contributed by atoms with van der Waals surface area (Å²) in [6, 6.07) is 4.90. The number of aliphatic hydroxyl groups excluding tert-OH is 1. The molecule has 5 rings (SSSR count).